The van der Waals surface area contributed by atoms with Crippen molar-refractivity contribution in [3.05, 3.63) is 35.6 Å². The van der Waals surface area contributed by atoms with Crippen LogP contribution in [0.3, 0.4) is 0 Å². The number of halogens is 1. The van der Waals surface area contributed by atoms with E-state index in [0.717, 1.165) is 44.2 Å². The van der Waals surface area contributed by atoms with E-state index >= 15 is 0 Å². The minimum absolute atomic E-state index is 0.133. The zero-order valence-corrected chi connectivity index (χ0v) is 10.5. The van der Waals surface area contributed by atoms with Crippen molar-refractivity contribution in [2.45, 2.75) is 19.9 Å². The molecule has 0 amide bonds. The summed E-state index contributed by atoms with van der Waals surface area (Å²) >= 11 is 0. The summed E-state index contributed by atoms with van der Waals surface area (Å²) in [6.45, 7) is 7.42. The third kappa shape index (κ3) is 3.79. The Balaban J connectivity index is 1.81. The fraction of sp³-hybridized carbons (Fsp3) is 0.571. The molecule has 1 unspecified atom stereocenters. The highest BCUT2D eigenvalue weighted by molar-refractivity contribution is 5.16. The molecule has 17 heavy (non-hydrogen) atoms. The predicted octanol–water partition coefficient (Wildman–Crippen LogP) is 2.26. The Morgan fingerprint density at radius 3 is 3.12 bits per heavy atom. The highest BCUT2D eigenvalue weighted by Gasteiger charge is 2.21. The number of rotatable bonds is 5. The molecule has 1 fully saturated rings. The Morgan fingerprint density at radius 2 is 2.35 bits per heavy atom. The predicted molar refractivity (Wildman–Crippen MR) is 68.3 cm³/mol. The molecule has 0 radical (unpaired) electrons. The first-order valence-corrected chi connectivity index (χ1v) is 6.45. The summed E-state index contributed by atoms with van der Waals surface area (Å²) in [5.41, 5.74) is 1.08. The van der Waals surface area contributed by atoms with Crippen molar-refractivity contribution < 1.29 is 4.39 Å². The molecule has 1 N–H and O–H groups in total. The minimum atomic E-state index is -0.133. The van der Waals surface area contributed by atoms with Crippen LogP contribution in [0.5, 0.6) is 0 Å². The van der Waals surface area contributed by atoms with Crippen molar-refractivity contribution in [3.63, 3.8) is 0 Å². The van der Waals surface area contributed by atoms with Crippen molar-refractivity contribution >= 4 is 0 Å². The van der Waals surface area contributed by atoms with E-state index in [1.165, 1.54) is 12.5 Å². The van der Waals surface area contributed by atoms with E-state index in [-0.39, 0.29) is 5.82 Å². The van der Waals surface area contributed by atoms with Gasteiger partial charge in [-0.25, -0.2) is 4.39 Å². The van der Waals surface area contributed by atoms with Gasteiger partial charge in [0.2, 0.25) is 0 Å². The molecular weight excluding hydrogens is 215 g/mol. The number of hydrogen-bond acceptors (Lipinski definition) is 2. The van der Waals surface area contributed by atoms with Gasteiger partial charge in [-0.2, -0.15) is 0 Å². The average Bonchev–Trinajstić information content (AvgIpc) is 2.74. The van der Waals surface area contributed by atoms with Gasteiger partial charge in [-0.15, -0.1) is 0 Å². The fourth-order valence-corrected chi connectivity index (χ4v) is 2.47. The maximum atomic E-state index is 13.1. The van der Waals surface area contributed by atoms with Gasteiger partial charge in [0.15, 0.2) is 0 Å². The molecule has 2 rings (SSSR count). The summed E-state index contributed by atoms with van der Waals surface area (Å²) in [5.74, 6) is 0.620. The van der Waals surface area contributed by atoms with Crippen LogP contribution in [0.2, 0.25) is 0 Å². The second kappa shape index (κ2) is 6.12. The van der Waals surface area contributed by atoms with Crippen LogP contribution in [0.25, 0.3) is 0 Å². The first-order valence-electron chi connectivity index (χ1n) is 6.45. The van der Waals surface area contributed by atoms with E-state index in [9.17, 15) is 4.39 Å². The maximum absolute atomic E-state index is 13.1. The van der Waals surface area contributed by atoms with Crippen LogP contribution in [0.4, 0.5) is 4.39 Å². The molecule has 1 aliphatic heterocycles. The smallest absolute Gasteiger partial charge is 0.123 e. The summed E-state index contributed by atoms with van der Waals surface area (Å²) < 4.78 is 13.1. The average molecular weight is 236 g/mol. The fourth-order valence-electron chi connectivity index (χ4n) is 2.47. The Hall–Kier alpha value is -0.930. The third-order valence-corrected chi connectivity index (χ3v) is 3.35. The van der Waals surface area contributed by atoms with E-state index in [0.29, 0.717) is 0 Å². The lowest BCUT2D eigenvalue weighted by Crippen LogP contribution is -2.26. The molecule has 1 saturated heterocycles. The van der Waals surface area contributed by atoms with Gasteiger partial charge in [-0.1, -0.05) is 19.1 Å². The molecule has 1 aromatic carbocycles. The molecule has 1 aliphatic rings. The standard InChI is InChI=1S/C14H21FN2/c1-2-16-9-13-6-7-17(11-13)10-12-4-3-5-14(15)8-12/h3-5,8,13,16H,2,6-7,9-11H2,1H3. The molecule has 0 spiro atoms. The molecule has 3 heteroatoms. The van der Waals surface area contributed by atoms with E-state index in [1.807, 2.05) is 6.07 Å². The Bertz CT molecular complexity index is 354. The lowest BCUT2D eigenvalue weighted by atomic mass is 10.1. The normalized spacial score (nSPS) is 20.9. The second-order valence-corrected chi connectivity index (χ2v) is 4.83. The van der Waals surface area contributed by atoms with Gasteiger partial charge in [-0.05, 0) is 49.7 Å². The lowest BCUT2D eigenvalue weighted by Gasteiger charge is -2.16. The Labute approximate surface area is 103 Å². The van der Waals surface area contributed by atoms with Gasteiger partial charge in [0.1, 0.15) is 5.82 Å². The first kappa shape index (κ1) is 12.5. The SMILES string of the molecule is CCNCC1CCN(Cc2cccc(F)c2)C1. The molecule has 1 aromatic rings. The Morgan fingerprint density at radius 1 is 1.47 bits per heavy atom. The molecular formula is C14H21FN2. The van der Waals surface area contributed by atoms with Gasteiger partial charge in [0.25, 0.3) is 0 Å². The van der Waals surface area contributed by atoms with Crippen LogP contribution in [-0.4, -0.2) is 31.1 Å². The Kier molecular flexibility index (Phi) is 4.51. The molecule has 0 bridgehead atoms. The monoisotopic (exact) mass is 236 g/mol. The van der Waals surface area contributed by atoms with Crippen molar-refractivity contribution in [2.24, 2.45) is 5.92 Å². The molecule has 0 aromatic heterocycles. The molecule has 1 heterocycles. The topological polar surface area (TPSA) is 15.3 Å². The number of hydrogen-bond donors (Lipinski definition) is 1. The third-order valence-electron chi connectivity index (χ3n) is 3.35. The first-order chi connectivity index (χ1) is 8.28. The lowest BCUT2D eigenvalue weighted by molar-refractivity contribution is 0.314. The van der Waals surface area contributed by atoms with Crippen molar-refractivity contribution in [3.8, 4) is 0 Å². The number of nitrogens with one attached hydrogen (secondary N) is 1. The van der Waals surface area contributed by atoms with E-state index in [4.69, 9.17) is 0 Å². The van der Waals surface area contributed by atoms with Crippen LogP contribution < -0.4 is 5.32 Å². The highest BCUT2D eigenvalue weighted by Crippen LogP contribution is 2.18. The summed E-state index contributed by atoms with van der Waals surface area (Å²) in [6.07, 6.45) is 1.25. The van der Waals surface area contributed by atoms with Crippen molar-refractivity contribution in [1.82, 2.24) is 10.2 Å². The van der Waals surface area contributed by atoms with Crippen LogP contribution in [0, 0.1) is 11.7 Å². The molecule has 0 aliphatic carbocycles. The van der Waals surface area contributed by atoms with Crippen molar-refractivity contribution in [1.29, 1.82) is 0 Å². The van der Waals surface area contributed by atoms with Crippen molar-refractivity contribution in [2.75, 3.05) is 26.2 Å². The number of likely N-dealkylation sites (tertiary alicyclic amines) is 1. The van der Waals surface area contributed by atoms with Gasteiger partial charge in [0, 0.05) is 13.1 Å². The van der Waals surface area contributed by atoms with Gasteiger partial charge in [0.05, 0.1) is 0 Å². The summed E-state index contributed by atoms with van der Waals surface area (Å²) in [6, 6.07) is 6.93. The largest absolute Gasteiger partial charge is 0.317 e. The summed E-state index contributed by atoms with van der Waals surface area (Å²) in [7, 11) is 0. The van der Waals surface area contributed by atoms with Crippen LogP contribution in [-0.2, 0) is 6.54 Å². The van der Waals surface area contributed by atoms with E-state index < -0.39 is 0 Å². The summed E-state index contributed by atoms with van der Waals surface area (Å²) in [5, 5.41) is 3.40. The van der Waals surface area contributed by atoms with Gasteiger partial charge < -0.3 is 5.32 Å². The number of nitrogens with zero attached hydrogens (tertiary/aromatic N) is 1. The van der Waals surface area contributed by atoms with Crippen LogP contribution >= 0.6 is 0 Å². The van der Waals surface area contributed by atoms with E-state index in [2.05, 4.69) is 17.1 Å². The van der Waals surface area contributed by atoms with Gasteiger partial charge >= 0.3 is 0 Å². The van der Waals surface area contributed by atoms with E-state index in [1.54, 1.807) is 12.1 Å². The molecule has 0 saturated carbocycles. The molecule has 94 valence electrons. The number of benzene rings is 1. The second-order valence-electron chi connectivity index (χ2n) is 4.83. The zero-order chi connectivity index (χ0) is 12.1. The molecule has 2 nitrogen and oxygen atoms in total. The summed E-state index contributed by atoms with van der Waals surface area (Å²) in [4.78, 5) is 2.41. The van der Waals surface area contributed by atoms with Crippen LogP contribution in [0.1, 0.15) is 18.9 Å². The maximum Gasteiger partial charge on any atom is 0.123 e. The van der Waals surface area contributed by atoms with Crippen LogP contribution in [0.15, 0.2) is 24.3 Å². The molecule has 1 atom stereocenters. The highest BCUT2D eigenvalue weighted by atomic mass is 19.1. The quantitative estimate of drug-likeness (QED) is 0.843. The zero-order valence-electron chi connectivity index (χ0n) is 10.5. The van der Waals surface area contributed by atoms with Gasteiger partial charge in [-0.3, -0.25) is 4.90 Å². The minimum Gasteiger partial charge on any atom is -0.317 e.